The fourth-order valence-electron chi connectivity index (χ4n) is 2.61. The van der Waals surface area contributed by atoms with Crippen LogP contribution in [0.1, 0.15) is 23.6 Å². The first-order valence-corrected chi connectivity index (χ1v) is 6.71. The molecule has 0 radical (unpaired) electrons. The van der Waals surface area contributed by atoms with E-state index in [2.05, 4.69) is 19.1 Å². The van der Waals surface area contributed by atoms with Crippen LogP contribution in [0.15, 0.2) is 24.5 Å². The third-order valence-corrected chi connectivity index (χ3v) is 3.33. The number of nitrogens with zero attached hydrogens (tertiary/aromatic N) is 2. The molecule has 0 bridgehead atoms. The summed E-state index contributed by atoms with van der Waals surface area (Å²) in [6, 6.07) is 4.21. The highest BCUT2D eigenvalue weighted by Crippen LogP contribution is 2.30. The van der Waals surface area contributed by atoms with E-state index in [1.807, 2.05) is 24.9 Å². The van der Waals surface area contributed by atoms with Crippen molar-refractivity contribution in [2.75, 3.05) is 11.5 Å². The van der Waals surface area contributed by atoms with Gasteiger partial charge in [-0.1, -0.05) is 17.7 Å². The molecule has 1 unspecified atom stereocenters. The molecule has 108 valence electrons. The van der Waals surface area contributed by atoms with Crippen LogP contribution in [0, 0.1) is 20.8 Å². The van der Waals surface area contributed by atoms with Crippen molar-refractivity contribution in [1.82, 2.24) is 4.90 Å². The fraction of sp³-hybridized carbons (Fsp3) is 0.400. The maximum Gasteiger partial charge on any atom is 0.416 e. The Bertz CT molecular complexity index is 531. The molecule has 1 aliphatic heterocycles. The standard InChI is InChI=1S/C15H21N3O2/c1-5-20-15(19)18-7-6-17(14(18)16)13-11(3)8-10(2)9-12(13)4/h6-9,14H,5,16H2,1-4H3. The molecule has 0 saturated heterocycles. The zero-order valence-corrected chi connectivity index (χ0v) is 12.4. The van der Waals surface area contributed by atoms with Crippen LogP contribution in [0.4, 0.5) is 10.5 Å². The first-order chi connectivity index (χ1) is 9.45. The van der Waals surface area contributed by atoms with E-state index in [-0.39, 0.29) is 0 Å². The van der Waals surface area contributed by atoms with Crippen molar-refractivity contribution < 1.29 is 9.53 Å². The number of amides is 1. The van der Waals surface area contributed by atoms with Crippen LogP contribution in [0.5, 0.6) is 0 Å². The Balaban J connectivity index is 2.29. The summed E-state index contributed by atoms with van der Waals surface area (Å²) in [7, 11) is 0. The Kier molecular flexibility index (Phi) is 3.99. The molecule has 0 fully saturated rings. The largest absolute Gasteiger partial charge is 0.449 e. The van der Waals surface area contributed by atoms with Crippen molar-refractivity contribution in [3.05, 3.63) is 41.2 Å². The molecule has 0 spiro atoms. The minimum absolute atomic E-state index is 0.332. The van der Waals surface area contributed by atoms with Crippen LogP contribution in [0.3, 0.4) is 0 Å². The molecule has 0 aliphatic carbocycles. The van der Waals surface area contributed by atoms with Gasteiger partial charge in [-0.15, -0.1) is 0 Å². The summed E-state index contributed by atoms with van der Waals surface area (Å²) in [6.45, 7) is 8.26. The third kappa shape index (κ3) is 2.49. The minimum atomic E-state index is -0.575. The van der Waals surface area contributed by atoms with Crippen molar-refractivity contribution in [2.45, 2.75) is 34.0 Å². The molecule has 1 aromatic carbocycles. The van der Waals surface area contributed by atoms with Crippen molar-refractivity contribution in [1.29, 1.82) is 0 Å². The fourth-order valence-corrected chi connectivity index (χ4v) is 2.61. The second-order valence-electron chi connectivity index (χ2n) is 4.97. The Labute approximate surface area is 119 Å². The molecule has 2 N–H and O–H groups in total. The summed E-state index contributed by atoms with van der Waals surface area (Å²) in [4.78, 5) is 15.1. The predicted molar refractivity (Wildman–Crippen MR) is 79.1 cm³/mol. The van der Waals surface area contributed by atoms with E-state index in [1.54, 1.807) is 13.1 Å². The number of nitrogens with two attached hydrogens (primary N) is 1. The third-order valence-electron chi connectivity index (χ3n) is 3.33. The van der Waals surface area contributed by atoms with E-state index in [4.69, 9.17) is 10.5 Å². The van der Waals surface area contributed by atoms with Gasteiger partial charge in [-0.3, -0.25) is 5.73 Å². The van der Waals surface area contributed by atoms with Crippen molar-refractivity contribution in [3.8, 4) is 0 Å². The Morgan fingerprint density at radius 1 is 1.25 bits per heavy atom. The van der Waals surface area contributed by atoms with Gasteiger partial charge in [0.05, 0.1) is 6.61 Å². The summed E-state index contributed by atoms with van der Waals surface area (Å²) in [5, 5.41) is 0. The average Bonchev–Trinajstić information content (AvgIpc) is 2.71. The van der Waals surface area contributed by atoms with Gasteiger partial charge >= 0.3 is 6.09 Å². The SMILES string of the molecule is CCOC(=O)N1C=CN(c2c(C)cc(C)cc2C)C1N. The second-order valence-corrected chi connectivity index (χ2v) is 4.97. The van der Waals surface area contributed by atoms with Crippen LogP contribution in [0.2, 0.25) is 0 Å². The summed E-state index contributed by atoms with van der Waals surface area (Å²) >= 11 is 0. The van der Waals surface area contributed by atoms with E-state index in [0.717, 1.165) is 16.8 Å². The lowest BCUT2D eigenvalue weighted by Crippen LogP contribution is -2.49. The Morgan fingerprint density at radius 2 is 1.85 bits per heavy atom. The molecule has 20 heavy (non-hydrogen) atoms. The van der Waals surface area contributed by atoms with Gasteiger partial charge in [-0.05, 0) is 38.8 Å². The van der Waals surface area contributed by atoms with Crippen LogP contribution in [-0.2, 0) is 4.74 Å². The van der Waals surface area contributed by atoms with Gasteiger partial charge in [0.1, 0.15) is 0 Å². The minimum Gasteiger partial charge on any atom is -0.449 e. The van der Waals surface area contributed by atoms with E-state index >= 15 is 0 Å². The molecule has 5 heteroatoms. The summed E-state index contributed by atoms with van der Waals surface area (Å²) in [6.07, 6.45) is 2.46. The van der Waals surface area contributed by atoms with Crippen LogP contribution < -0.4 is 10.6 Å². The normalized spacial score (nSPS) is 17.8. The van der Waals surface area contributed by atoms with Crippen molar-refractivity contribution in [2.24, 2.45) is 5.73 Å². The molecule has 1 amide bonds. The quantitative estimate of drug-likeness (QED) is 0.901. The molecule has 0 saturated carbocycles. The lowest BCUT2D eigenvalue weighted by atomic mass is 10.0. The molecule has 1 aliphatic rings. The maximum atomic E-state index is 11.8. The van der Waals surface area contributed by atoms with Crippen LogP contribution >= 0.6 is 0 Å². The van der Waals surface area contributed by atoms with Gasteiger partial charge < -0.3 is 9.64 Å². The van der Waals surface area contributed by atoms with Crippen molar-refractivity contribution >= 4 is 11.8 Å². The Hall–Kier alpha value is -2.01. The number of benzene rings is 1. The lowest BCUT2D eigenvalue weighted by molar-refractivity contribution is 0.114. The molecular weight excluding hydrogens is 254 g/mol. The number of hydrogen-bond acceptors (Lipinski definition) is 4. The van der Waals surface area contributed by atoms with E-state index < -0.39 is 12.4 Å². The zero-order chi connectivity index (χ0) is 14.9. The van der Waals surface area contributed by atoms with Gasteiger partial charge in [0.15, 0.2) is 6.29 Å². The molecule has 1 aromatic rings. The molecular formula is C15H21N3O2. The number of ether oxygens (including phenoxy) is 1. The maximum absolute atomic E-state index is 11.8. The lowest BCUT2D eigenvalue weighted by Gasteiger charge is -2.29. The number of hydrogen-bond donors (Lipinski definition) is 1. The molecule has 1 heterocycles. The number of rotatable bonds is 2. The van der Waals surface area contributed by atoms with E-state index in [1.165, 1.54) is 10.5 Å². The topological polar surface area (TPSA) is 58.8 Å². The van der Waals surface area contributed by atoms with E-state index in [9.17, 15) is 4.79 Å². The molecule has 0 aromatic heterocycles. The van der Waals surface area contributed by atoms with Gasteiger partial charge in [0.2, 0.25) is 0 Å². The number of anilines is 1. The van der Waals surface area contributed by atoms with Gasteiger partial charge in [-0.2, -0.15) is 0 Å². The smallest absolute Gasteiger partial charge is 0.416 e. The summed E-state index contributed by atoms with van der Waals surface area (Å²) < 4.78 is 4.99. The summed E-state index contributed by atoms with van der Waals surface area (Å²) in [5.74, 6) is 0. The van der Waals surface area contributed by atoms with Gasteiger partial charge in [-0.25, -0.2) is 9.69 Å². The van der Waals surface area contributed by atoms with Gasteiger partial charge in [0, 0.05) is 18.1 Å². The number of aryl methyl sites for hydroxylation is 3. The first-order valence-electron chi connectivity index (χ1n) is 6.71. The molecule has 1 atom stereocenters. The highest BCUT2D eigenvalue weighted by atomic mass is 16.6. The van der Waals surface area contributed by atoms with Crippen LogP contribution in [0.25, 0.3) is 0 Å². The summed E-state index contributed by atoms with van der Waals surface area (Å²) in [5.41, 5.74) is 10.7. The molecule has 5 nitrogen and oxygen atoms in total. The van der Waals surface area contributed by atoms with Crippen molar-refractivity contribution in [3.63, 3.8) is 0 Å². The Morgan fingerprint density at radius 3 is 2.40 bits per heavy atom. The predicted octanol–water partition coefficient (Wildman–Crippen LogP) is 2.60. The number of carbonyl (C=O) groups excluding carboxylic acids is 1. The highest BCUT2D eigenvalue weighted by molar-refractivity contribution is 5.73. The average molecular weight is 275 g/mol. The monoisotopic (exact) mass is 275 g/mol. The second kappa shape index (κ2) is 5.54. The number of carbonyl (C=O) groups is 1. The zero-order valence-electron chi connectivity index (χ0n) is 12.4. The van der Waals surface area contributed by atoms with Gasteiger partial charge in [0.25, 0.3) is 0 Å². The molecule has 2 rings (SSSR count). The van der Waals surface area contributed by atoms with E-state index in [0.29, 0.717) is 6.61 Å². The highest BCUT2D eigenvalue weighted by Gasteiger charge is 2.30. The first kappa shape index (κ1) is 14.4. The van der Waals surface area contributed by atoms with Crippen LogP contribution in [-0.4, -0.2) is 23.9 Å².